The van der Waals surface area contributed by atoms with Gasteiger partial charge in [0.1, 0.15) is 18.0 Å². The number of hydrogen-bond donors (Lipinski definition) is 3. The Morgan fingerprint density at radius 1 is 1.44 bits per heavy atom. The number of ether oxygens (including phenoxy) is 2. The van der Waals surface area contributed by atoms with Gasteiger partial charge in [0.05, 0.1) is 35.8 Å². The van der Waals surface area contributed by atoms with E-state index in [1.54, 1.807) is 12.4 Å². The van der Waals surface area contributed by atoms with Crippen LogP contribution in [0.3, 0.4) is 0 Å². The maximum absolute atomic E-state index is 12.8. The predicted octanol–water partition coefficient (Wildman–Crippen LogP) is 4.03. The molecule has 168 valence electrons. The number of aromatic nitrogens is 2. The van der Waals surface area contributed by atoms with Gasteiger partial charge in [-0.3, -0.25) is 9.78 Å². The SMILES string of the molecule is CC1C(Cl)=CC=CC1Nc1c(-c2ccncc2OC[C@]2(C)CCO2)[nH]c2c1C(=O)NCC2. The van der Waals surface area contributed by atoms with E-state index >= 15 is 0 Å². The van der Waals surface area contributed by atoms with E-state index in [2.05, 4.69) is 33.6 Å². The molecule has 32 heavy (non-hydrogen) atoms. The number of carbonyl (C=O) groups is 1. The van der Waals surface area contributed by atoms with Crippen LogP contribution in [0.4, 0.5) is 5.69 Å². The molecular weight excluding hydrogens is 428 g/mol. The van der Waals surface area contributed by atoms with E-state index in [1.807, 2.05) is 25.1 Å². The van der Waals surface area contributed by atoms with Crippen LogP contribution in [0.2, 0.25) is 0 Å². The molecule has 3 aliphatic rings. The van der Waals surface area contributed by atoms with Gasteiger partial charge in [-0.15, -0.1) is 0 Å². The normalized spacial score (nSPS) is 26.6. The number of fused-ring (bicyclic) bond motifs is 1. The second kappa shape index (κ2) is 8.30. The highest BCUT2D eigenvalue weighted by molar-refractivity contribution is 6.30. The minimum absolute atomic E-state index is 0.0469. The average molecular weight is 455 g/mol. The van der Waals surface area contributed by atoms with E-state index in [-0.39, 0.29) is 23.5 Å². The zero-order chi connectivity index (χ0) is 22.3. The molecule has 2 aromatic rings. The Labute approximate surface area is 192 Å². The van der Waals surface area contributed by atoms with Gasteiger partial charge in [-0.1, -0.05) is 30.7 Å². The number of anilines is 1. The lowest BCUT2D eigenvalue weighted by molar-refractivity contribution is -0.152. The smallest absolute Gasteiger partial charge is 0.255 e. The zero-order valence-electron chi connectivity index (χ0n) is 18.2. The number of H-pyrrole nitrogens is 1. The van der Waals surface area contributed by atoms with E-state index in [0.29, 0.717) is 24.5 Å². The molecular formula is C24H27ClN4O3. The van der Waals surface area contributed by atoms with Crippen molar-refractivity contribution in [1.29, 1.82) is 0 Å². The molecule has 8 heteroatoms. The van der Waals surface area contributed by atoms with Crippen molar-refractivity contribution in [3.63, 3.8) is 0 Å². The minimum Gasteiger partial charge on any atom is -0.488 e. The van der Waals surface area contributed by atoms with E-state index in [1.165, 1.54) is 0 Å². The molecule has 2 unspecified atom stereocenters. The highest BCUT2D eigenvalue weighted by atomic mass is 35.5. The number of carbonyl (C=O) groups excluding carboxylic acids is 1. The summed E-state index contributed by atoms with van der Waals surface area (Å²) in [5, 5.41) is 7.32. The lowest BCUT2D eigenvalue weighted by atomic mass is 9.95. The van der Waals surface area contributed by atoms with Crippen LogP contribution in [0, 0.1) is 5.92 Å². The number of nitrogens with zero attached hydrogens (tertiary/aromatic N) is 1. The van der Waals surface area contributed by atoms with Gasteiger partial charge in [0.15, 0.2) is 0 Å². The van der Waals surface area contributed by atoms with Gasteiger partial charge < -0.3 is 25.1 Å². The fourth-order valence-corrected chi connectivity index (χ4v) is 4.53. The van der Waals surface area contributed by atoms with Crippen molar-refractivity contribution in [3.05, 3.63) is 53.0 Å². The quantitative estimate of drug-likeness (QED) is 0.613. The third-order valence-electron chi connectivity index (χ3n) is 6.49. The number of halogens is 1. The van der Waals surface area contributed by atoms with Crippen molar-refractivity contribution in [2.24, 2.45) is 5.92 Å². The average Bonchev–Trinajstić information content (AvgIpc) is 3.14. The highest BCUT2D eigenvalue weighted by Crippen LogP contribution is 2.41. The van der Waals surface area contributed by atoms with Gasteiger partial charge >= 0.3 is 0 Å². The first-order valence-corrected chi connectivity index (χ1v) is 11.4. The molecule has 0 aromatic carbocycles. The molecule has 1 saturated heterocycles. The van der Waals surface area contributed by atoms with Crippen molar-refractivity contribution in [1.82, 2.24) is 15.3 Å². The molecule has 7 nitrogen and oxygen atoms in total. The van der Waals surface area contributed by atoms with Crippen molar-refractivity contribution >= 4 is 23.2 Å². The lowest BCUT2D eigenvalue weighted by Crippen LogP contribution is -2.45. The Bertz CT molecular complexity index is 1100. The third kappa shape index (κ3) is 3.80. The largest absolute Gasteiger partial charge is 0.488 e. The molecule has 2 aromatic heterocycles. The van der Waals surface area contributed by atoms with Crippen molar-refractivity contribution in [2.45, 2.75) is 38.3 Å². The topological polar surface area (TPSA) is 88.3 Å². The number of aromatic amines is 1. The molecule has 5 rings (SSSR count). The van der Waals surface area contributed by atoms with Crippen molar-refractivity contribution in [2.75, 3.05) is 25.1 Å². The van der Waals surface area contributed by atoms with E-state index in [4.69, 9.17) is 21.1 Å². The van der Waals surface area contributed by atoms with Crippen LogP contribution in [0.5, 0.6) is 5.75 Å². The Kier molecular flexibility index (Phi) is 5.47. The fraction of sp³-hybridized carbons (Fsp3) is 0.417. The number of amides is 1. The second-order valence-corrected chi connectivity index (χ2v) is 9.28. The summed E-state index contributed by atoms with van der Waals surface area (Å²) in [6, 6.07) is 1.86. The molecule has 0 radical (unpaired) electrons. The Morgan fingerprint density at radius 2 is 2.28 bits per heavy atom. The van der Waals surface area contributed by atoms with E-state index in [9.17, 15) is 4.79 Å². The number of rotatable bonds is 6. The predicted molar refractivity (Wildman–Crippen MR) is 124 cm³/mol. The van der Waals surface area contributed by atoms with Crippen LogP contribution >= 0.6 is 11.6 Å². The van der Waals surface area contributed by atoms with Gasteiger partial charge in [0, 0.05) is 47.8 Å². The standard InChI is InChI=1S/C24H27ClN4O3/c1-14-16(25)4-3-5-17(14)28-22-20-18(7-10-27-23(20)30)29-21(22)15-6-9-26-12-19(15)31-13-24(2)8-11-32-24/h3-6,9,12,14,17,28-29H,7-8,10-11,13H2,1-2H3,(H,27,30)/t14?,17?,24-/m0/s1. The molecule has 0 saturated carbocycles. The summed E-state index contributed by atoms with van der Waals surface area (Å²) in [6.45, 7) is 5.92. The van der Waals surface area contributed by atoms with Crippen LogP contribution in [-0.2, 0) is 11.2 Å². The Morgan fingerprint density at radius 3 is 3.06 bits per heavy atom. The highest BCUT2D eigenvalue weighted by Gasteiger charge is 2.35. The summed E-state index contributed by atoms with van der Waals surface area (Å²) >= 11 is 6.40. The molecule has 1 aliphatic carbocycles. The molecule has 1 amide bonds. The summed E-state index contributed by atoms with van der Waals surface area (Å²) in [6.07, 6.45) is 11.1. The summed E-state index contributed by atoms with van der Waals surface area (Å²) in [7, 11) is 0. The Hall–Kier alpha value is -2.77. The maximum atomic E-state index is 12.8. The molecule has 0 bridgehead atoms. The summed E-state index contributed by atoms with van der Waals surface area (Å²) in [4.78, 5) is 20.6. The summed E-state index contributed by atoms with van der Waals surface area (Å²) in [5.74, 6) is 0.643. The molecule has 3 N–H and O–H groups in total. The van der Waals surface area contributed by atoms with Crippen molar-refractivity contribution < 1.29 is 14.3 Å². The Balaban J connectivity index is 1.54. The number of hydrogen-bond acceptors (Lipinski definition) is 5. The van der Waals surface area contributed by atoms with Crippen LogP contribution in [-0.4, -0.2) is 47.3 Å². The monoisotopic (exact) mass is 454 g/mol. The fourth-order valence-electron chi connectivity index (χ4n) is 4.32. The van der Waals surface area contributed by atoms with Crippen LogP contribution in [0.25, 0.3) is 11.3 Å². The van der Waals surface area contributed by atoms with E-state index < -0.39 is 0 Å². The van der Waals surface area contributed by atoms with Crippen LogP contribution in [0.15, 0.2) is 41.7 Å². The maximum Gasteiger partial charge on any atom is 0.255 e. The number of nitrogens with one attached hydrogen (secondary N) is 3. The van der Waals surface area contributed by atoms with Gasteiger partial charge in [0.2, 0.25) is 0 Å². The van der Waals surface area contributed by atoms with E-state index in [0.717, 1.165) is 47.1 Å². The first-order valence-electron chi connectivity index (χ1n) is 11.0. The van der Waals surface area contributed by atoms with Gasteiger partial charge in [0.25, 0.3) is 5.91 Å². The van der Waals surface area contributed by atoms with Gasteiger partial charge in [-0.25, -0.2) is 0 Å². The summed E-state index contributed by atoms with van der Waals surface area (Å²) in [5.41, 5.74) is 3.71. The second-order valence-electron chi connectivity index (χ2n) is 8.84. The van der Waals surface area contributed by atoms with Gasteiger partial charge in [-0.2, -0.15) is 0 Å². The number of pyridine rings is 1. The molecule has 2 aliphatic heterocycles. The zero-order valence-corrected chi connectivity index (χ0v) is 19.0. The van der Waals surface area contributed by atoms with Crippen LogP contribution < -0.4 is 15.4 Å². The first kappa shape index (κ1) is 21.1. The lowest BCUT2D eigenvalue weighted by Gasteiger charge is -2.38. The van der Waals surface area contributed by atoms with Crippen LogP contribution in [0.1, 0.15) is 36.3 Å². The van der Waals surface area contributed by atoms with Gasteiger partial charge in [-0.05, 0) is 19.1 Å². The number of allylic oxidation sites excluding steroid dienone is 2. The third-order valence-corrected chi connectivity index (χ3v) is 6.96. The molecule has 0 spiro atoms. The van der Waals surface area contributed by atoms with Crippen molar-refractivity contribution in [3.8, 4) is 17.0 Å². The molecule has 4 heterocycles. The first-order chi connectivity index (χ1) is 15.5. The minimum atomic E-state index is -0.269. The molecule has 3 atom stereocenters. The summed E-state index contributed by atoms with van der Waals surface area (Å²) < 4.78 is 11.8. The molecule has 1 fully saturated rings.